The van der Waals surface area contributed by atoms with Crippen molar-refractivity contribution in [3.05, 3.63) is 35.4 Å². The zero-order chi connectivity index (χ0) is 15.5. The molecule has 21 heavy (non-hydrogen) atoms. The maximum absolute atomic E-state index is 12.6. The average molecular weight is 300 g/mol. The van der Waals surface area contributed by atoms with E-state index in [0.717, 1.165) is 44.5 Å². The third kappa shape index (κ3) is 4.20. The summed E-state index contributed by atoms with van der Waals surface area (Å²) in [6.07, 6.45) is -0.935. The molecule has 0 radical (unpaired) electrons. The van der Waals surface area contributed by atoms with Crippen LogP contribution in [-0.2, 0) is 6.18 Å². The monoisotopic (exact) mass is 300 g/mol. The van der Waals surface area contributed by atoms with Gasteiger partial charge < -0.3 is 5.73 Å². The fourth-order valence-electron chi connectivity index (χ4n) is 3.03. The molecule has 1 atom stereocenters. The Labute approximate surface area is 124 Å². The highest BCUT2D eigenvalue weighted by molar-refractivity contribution is 5.26. The minimum absolute atomic E-state index is 0.158. The smallest absolute Gasteiger partial charge is 0.330 e. The minimum Gasteiger partial charge on any atom is -0.330 e. The molecule has 0 bridgehead atoms. The highest BCUT2D eigenvalue weighted by atomic mass is 19.4. The van der Waals surface area contributed by atoms with Crippen molar-refractivity contribution in [2.24, 2.45) is 11.7 Å². The Kier molecular flexibility index (Phi) is 5.27. The lowest BCUT2D eigenvalue weighted by atomic mass is 9.92. The molecule has 0 aromatic heterocycles. The number of nitrogens with zero attached hydrogens (tertiary/aromatic N) is 1. The van der Waals surface area contributed by atoms with Gasteiger partial charge in [-0.15, -0.1) is 0 Å². The second-order valence-corrected chi connectivity index (χ2v) is 5.85. The van der Waals surface area contributed by atoms with Crippen molar-refractivity contribution in [1.82, 2.24) is 4.90 Å². The van der Waals surface area contributed by atoms with Crippen molar-refractivity contribution in [3.63, 3.8) is 0 Å². The van der Waals surface area contributed by atoms with E-state index in [9.17, 15) is 13.2 Å². The molecule has 5 heteroatoms. The number of likely N-dealkylation sites (tertiary alicyclic amines) is 1. The van der Waals surface area contributed by atoms with Crippen LogP contribution >= 0.6 is 0 Å². The normalized spacial score (nSPS) is 19.7. The first-order valence-electron chi connectivity index (χ1n) is 7.53. The Morgan fingerprint density at radius 3 is 2.24 bits per heavy atom. The average Bonchev–Trinajstić information content (AvgIpc) is 2.47. The molecular formula is C16H23F3N2. The number of rotatable bonds is 4. The van der Waals surface area contributed by atoms with Gasteiger partial charge in [0.1, 0.15) is 0 Å². The third-order valence-corrected chi connectivity index (χ3v) is 4.49. The van der Waals surface area contributed by atoms with Crippen molar-refractivity contribution in [2.75, 3.05) is 19.6 Å². The Bertz CT molecular complexity index is 434. The first-order chi connectivity index (χ1) is 9.91. The lowest BCUT2D eigenvalue weighted by Crippen LogP contribution is -2.36. The van der Waals surface area contributed by atoms with Crippen LogP contribution in [-0.4, -0.2) is 24.5 Å². The van der Waals surface area contributed by atoms with Crippen LogP contribution < -0.4 is 5.73 Å². The zero-order valence-corrected chi connectivity index (χ0v) is 12.4. The van der Waals surface area contributed by atoms with Crippen molar-refractivity contribution in [2.45, 2.75) is 38.4 Å². The number of alkyl halides is 3. The molecule has 1 aromatic rings. The molecule has 2 nitrogen and oxygen atoms in total. The Hall–Kier alpha value is -1.07. The van der Waals surface area contributed by atoms with Gasteiger partial charge in [-0.1, -0.05) is 12.1 Å². The van der Waals surface area contributed by atoms with E-state index >= 15 is 0 Å². The van der Waals surface area contributed by atoms with Crippen LogP contribution in [0.15, 0.2) is 24.3 Å². The summed E-state index contributed by atoms with van der Waals surface area (Å²) in [5, 5.41) is 0. The van der Waals surface area contributed by atoms with E-state index in [1.807, 2.05) is 0 Å². The summed E-state index contributed by atoms with van der Waals surface area (Å²) in [7, 11) is 0. The highest BCUT2D eigenvalue weighted by Gasteiger charge is 2.30. The van der Waals surface area contributed by atoms with Crippen LogP contribution in [0.25, 0.3) is 0 Å². The molecule has 1 aromatic carbocycles. The summed E-state index contributed by atoms with van der Waals surface area (Å²) in [6, 6.07) is 5.70. The lowest BCUT2D eigenvalue weighted by Gasteiger charge is -2.36. The Morgan fingerprint density at radius 1 is 1.19 bits per heavy atom. The van der Waals surface area contributed by atoms with Gasteiger partial charge in [-0.25, -0.2) is 0 Å². The molecule has 1 unspecified atom stereocenters. The molecule has 0 amide bonds. The van der Waals surface area contributed by atoms with Gasteiger partial charge in [-0.3, -0.25) is 4.90 Å². The van der Waals surface area contributed by atoms with Gasteiger partial charge >= 0.3 is 6.18 Å². The third-order valence-electron chi connectivity index (χ3n) is 4.49. The number of benzene rings is 1. The number of piperidine rings is 1. The van der Waals surface area contributed by atoms with Gasteiger partial charge in [0.15, 0.2) is 0 Å². The summed E-state index contributed by atoms with van der Waals surface area (Å²) >= 11 is 0. The van der Waals surface area contributed by atoms with Crippen LogP contribution in [0.1, 0.15) is 43.4 Å². The summed E-state index contributed by atoms with van der Waals surface area (Å²) in [5.41, 5.74) is 5.95. The quantitative estimate of drug-likeness (QED) is 0.915. The van der Waals surface area contributed by atoms with Crippen LogP contribution in [0.3, 0.4) is 0 Å². The van der Waals surface area contributed by atoms with E-state index in [1.165, 1.54) is 12.1 Å². The summed E-state index contributed by atoms with van der Waals surface area (Å²) in [5.74, 6) is 0.700. The number of nitrogens with two attached hydrogens (primary N) is 1. The number of halogens is 3. The fraction of sp³-hybridized carbons (Fsp3) is 0.625. The largest absolute Gasteiger partial charge is 0.416 e. The minimum atomic E-state index is -4.26. The Balaban J connectivity index is 1.96. The lowest BCUT2D eigenvalue weighted by molar-refractivity contribution is -0.137. The standard InChI is InChI=1S/C16H23F3N2/c1-12(21-10-7-13(6-9-20)8-11-21)14-2-4-15(5-3-14)16(17,18)19/h2-5,12-13H,6-11,20H2,1H3. The molecule has 1 aliphatic heterocycles. The summed E-state index contributed by atoms with van der Waals surface area (Å²) in [6.45, 7) is 4.78. The molecule has 118 valence electrons. The molecule has 1 heterocycles. The van der Waals surface area contributed by atoms with Crippen LogP contribution in [0.4, 0.5) is 13.2 Å². The van der Waals surface area contributed by atoms with Crippen LogP contribution in [0, 0.1) is 5.92 Å². The van der Waals surface area contributed by atoms with Gasteiger partial charge in [0.25, 0.3) is 0 Å². The SMILES string of the molecule is CC(c1ccc(C(F)(F)F)cc1)N1CCC(CCN)CC1. The molecule has 0 saturated carbocycles. The topological polar surface area (TPSA) is 29.3 Å². The maximum Gasteiger partial charge on any atom is 0.416 e. The molecule has 1 saturated heterocycles. The fourth-order valence-corrected chi connectivity index (χ4v) is 3.03. The molecule has 1 aliphatic rings. The second kappa shape index (κ2) is 6.79. The first-order valence-corrected chi connectivity index (χ1v) is 7.53. The van der Waals surface area contributed by atoms with Crippen molar-refractivity contribution in [1.29, 1.82) is 0 Å². The molecule has 0 aliphatic carbocycles. The van der Waals surface area contributed by atoms with E-state index < -0.39 is 11.7 Å². The molecule has 1 fully saturated rings. The molecule has 0 spiro atoms. The van der Waals surface area contributed by atoms with Gasteiger partial charge in [0, 0.05) is 6.04 Å². The van der Waals surface area contributed by atoms with E-state index in [-0.39, 0.29) is 6.04 Å². The Morgan fingerprint density at radius 2 is 1.76 bits per heavy atom. The van der Waals surface area contributed by atoms with Crippen LogP contribution in [0.5, 0.6) is 0 Å². The van der Waals surface area contributed by atoms with Gasteiger partial charge in [-0.2, -0.15) is 13.2 Å². The number of hydrogen-bond acceptors (Lipinski definition) is 2. The maximum atomic E-state index is 12.6. The van der Waals surface area contributed by atoms with Crippen molar-refractivity contribution in [3.8, 4) is 0 Å². The van der Waals surface area contributed by atoms with Gasteiger partial charge in [-0.05, 0) is 69.4 Å². The van der Waals surface area contributed by atoms with E-state index in [4.69, 9.17) is 5.73 Å². The van der Waals surface area contributed by atoms with E-state index in [1.54, 1.807) is 12.1 Å². The molecule has 2 rings (SSSR count). The van der Waals surface area contributed by atoms with Gasteiger partial charge in [0.2, 0.25) is 0 Å². The zero-order valence-electron chi connectivity index (χ0n) is 12.4. The van der Waals surface area contributed by atoms with E-state index in [2.05, 4.69) is 11.8 Å². The summed E-state index contributed by atoms with van der Waals surface area (Å²) in [4.78, 5) is 2.34. The van der Waals surface area contributed by atoms with Crippen molar-refractivity contribution < 1.29 is 13.2 Å². The highest BCUT2D eigenvalue weighted by Crippen LogP contribution is 2.32. The van der Waals surface area contributed by atoms with Crippen molar-refractivity contribution >= 4 is 0 Å². The summed E-state index contributed by atoms with van der Waals surface area (Å²) < 4.78 is 37.7. The number of hydrogen-bond donors (Lipinski definition) is 1. The first kappa shape index (κ1) is 16.3. The predicted octanol–water partition coefficient (Wildman–Crippen LogP) is 3.83. The molecular weight excluding hydrogens is 277 g/mol. The predicted molar refractivity (Wildman–Crippen MR) is 77.8 cm³/mol. The second-order valence-electron chi connectivity index (χ2n) is 5.85. The van der Waals surface area contributed by atoms with Crippen LogP contribution in [0.2, 0.25) is 0 Å². The van der Waals surface area contributed by atoms with E-state index in [0.29, 0.717) is 5.92 Å². The van der Waals surface area contributed by atoms with Gasteiger partial charge in [0.05, 0.1) is 5.56 Å². The molecule has 2 N–H and O–H groups in total.